The molecule has 260 valence electrons. The molecule has 2 nitrogen and oxygen atoms in total. The first-order chi connectivity index (χ1) is 21.0. The number of aliphatic carboxylic acids is 1. The van der Waals surface area contributed by atoms with Crippen molar-refractivity contribution in [2.45, 2.75) is 227 Å². The van der Waals surface area contributed by atoms with Crippen LogP contribution in [0.4, 0.5) is 0 Å². The number of unbranched alkanes of at least 4 members (excludes halogenated alkanes) is 24. The van der Waals surface area contributed by atoms with E-state index in [1.165, 1.54) is 141 Å². The minimum Gasteiger partial charge on any atom is -0.550 e. The molecular weight excluding hydrogens is 543 g/mol. The van der Waals surface area contributed by atoms with Crippen molar-refractivity contribution >= 4 is 13.2 Å². The molecule has 0 spiro atoms. The van der Waals surface area contributed by atoms with E-state index in [2.05, 4.69) is 34.6 Å². The third-order valence-electron chi connectivity index (χ3n) is 9.43. The van der Waals surface area contributed by atoms with Crippen molar-refractivity contribution in [2.24, 2.45) is 0 Å². The molecule has 0 amide bonds. The Morgan fingerprint density at radius 2 is 0.558 bits per heavy atom. The van der Waals surface area contributed by atoms with E-state index in [1.54, 1.807) is 50.3 Å². The molecule has 0 heterocycles. The minimum atomic E-state index is -0.920. The predicted octanol–water partition coefficient (Wildman–Crippen LogP) is 13.5. The molecule has 0 radical (unpaired) electrons. The van der Waals surface area contributed by atoms with Crippen LogP contribution in [0, 0.1) is 0 Å². The van der Waals surface area contributed by atoms with Gasteiger partial charge in [0.2, 0.25) is 0 Å². The second-order valence-corrected chi connectivity index (χ2v) is 18.3. The predicted molar refractivity (Wildman–Crippen MR) is 198 cm³/mol. The third-order valence-corrected chi connectivity index (χ3v) is 14.5. The summed E-state index contributed by atoms with van der Waals surface area (Å²) in [4.78, 5) is 9.92. The number of rotatable bonds is 34. The number of carbonyl (C=O) groups excluding carboxylic acids is 1. The molecule has 0 aliphatic carbocycles. The number of hydrogen-bond donors (Lipinski definition) is 0. The van der Waals surface area contributed by atoms with E-state index in [9.17, 15) is 9.90 Å². The standard InChI is InChI=1S/C32H68P.C8H16O2/c1-5-9-13-17-18-19-20-21-22-23-24-28-32-33(29-25-14-10-6-2,30-26-15-11-7-3)31-27-16-12-8-4;1-2-3-4-5-6-7-8(9)10/h5-32H2,1-4H3;2-7H2,1H3,(H,9,10)/q+1;/p-1. The van der Waals surface area contributed by atoms with Crippen molar-refractivity contribution in [3.05, 3.63) is 0 Å². The average Bonchev–Trinajstić information content (AvgIpc) is 3.00. The van der Waals surface area contributed by atoms with Gasteiger partial charge in [-0.15, -0.1) is 0 Å². The lowest BCUT2D eigenvalue weighted by Crippen LogP contribution is -2.21. The van der Waals surface area contributed by atoms with Gasteiger partial charge in [-0.3, -0.25) is 0 Å². The number of carboxylic acid groups (broad SMARTS) is 1. The summed E-state index contributed by atoms with van der Waals surface area (Å²) >= 11 is 0. The van der Waals surface area contributed by atoms with E-state index in [0.29, 0.717) is 0 Å². The molecule has 0 unspecified atom stereocenters. The quantitative estimate of drug-likeness (QED) is 0.0526. The molecule has 0 atom stereocenters. The Morgan fingerprint density at radius 1 is 0.349 bits per heavy atom. The Hall–Kier alpha value is -0.100. The summed E-state index contributed by atoms with van der Waals surface area (Å²) in [6, 6.07) is 0. The molecule has 0 aromatic carbocycles. The fraction of sp³-hybridized carbons (Fsp3) is 0.975. The maximum Gasteiger partial charge on any atom is 0.0594 e. The van der Waals surface area contributed by atoms with Gasteiger partial charge in [-0.1, -0.05) is 163 Å². The van der Waals surface area contributed by atoms with Gasteiger partial charge in [-0.25, -0.2) is 0 Å². The Bertz CT molecular complexity index is 489. The summed E-state index contributed by atoms with van der Waals surface area (Å²) in [5, 5.41) is 9.92. The van der Waals surface area contributed by atoms with Gasteiger partial charge in [0.1, 0.15) is 0 Å². The molecule has 0 aliphatic rings. The number of carboxylic acids is 1. The molecule has 0 aromatic heterocycles. The van der Waals surface area contributed by atoms with Gasteiger partial charge < -0.3 is 9.90 Å². The second kappa shape index (κ2) is 38.1. The largest absolute Gasteiger partial charge is 0.550 e. The van der Waals surface area contributed by atoms with E-state index in [-0.39, 0.29) is 6.42 Å². The lowest BCUT2D eigenvalue weighted by Gasteiger charge is -2.28. The van der Waals surface area contributed by atoms with Gasteiger partial charge in [-0.2, -0.15) is 0 Å². The Balaban J connectivity index is 0. The van der Waals surface area contributed by atoms with E-state index >= 15 is 0 Å². The van der Waals surface area contributed by atoms with Crippen molar-refractivity contribution in [3.8, 4) is 0 Å². The molecule has 0 rings (SSSR count). The van der Waals surface area contributed by atoms with Crippen molar-refractivity contribution in [3.63, 3.8) is 0 Å². The average molecular weight is 627 g/mol. The van der Waals surface area contributed by atoms with Crippen LogP contribution in [0.1, 0.15) is 227 Å². The summed E-state index contributed by atoms with van der Waals surface area (Å²) < 4.78 is 0. The highest BCUT2D eigenvalue weighted by atomic mass is 31.2. The van der Waals surface area contributed by atoms with Crippen LogP contribution in [-0.4, -0.2) is 30.6 Å². The molecule has 0 aliphatic heterocycles. The maximum atomic E-state index is 9.92. The molecule has 0 N–H and O–H groups in total. The van der Waals surface area contributed by atoms with Crippen molar-refractivity contribution in [1.29, 1.82) is 0 Å². The first-order valence-corrected chi connectivity index (χ1v) is 22.6. The summed E-state index contributed by atoms with van der Waals surface area (Å²) in [6.07, 6.45) is 47.7. The van der Waals surface area contributed by atoms with Crippen LogP contribution in [0.2, 0.25) is 0 Å². The number of hydrogen-bond acceptors (Lipinski definition) is 2. The lowest BCUT2D eigenvalue weighted by atomic mass is 10.1. The van der Waals surface area contributed by atoms with Gasteiger partial charge in [0.05, 0.1) is 24.6 Å². The zero-order valence-corrected chi connectivity index (χ0v) is 31.7. The Kier molecular flexibility index (Phi) is 39.9. The van der Waals surface area contributed by atoms with Gasteiger partial charge in [0.25, 0.3) is 0 Å². The lowest BCUT2D eigenvalue weighted by molar-refractivity contribution is -0.305. The molecule has 43 heavy (non-hydrogen) atoms. The molecular formula is C40H83O2P. The van der Waals surface area contributed by atoms with E-state index in [4.69, 9.17) is 0 Å². The summed E-state index contributed by atoms with van der Waals surface area (Å²) in [5.41, 5.74) is 0. The van der Waals surface area contributed by atoms with Crippen LogP contribution in [0.3, 0.4) is 0 Å². The SMILES string of the molecule is CCCCCCCC(=O)[O-].CCCCCCCCCCCCCC[P+](CCCCCC)(CCCCCC)CCCCCC. The Morgan fingerprint density at radius 3 is 0.814 bits per heavy atom. The first kappa shape index (κ1) is 45.0. The van der Waals surface area contributed by atoms with E-state index in [1.807, 2.05) is 0 Å². The van der Waals surface area contributed by atoms with Gasteiger partial charge in [0.15, 0.2) is 0 Å². The maximum absolute atomic E-state index is 9.92. The summed E-state index contributed by atoms with van der Waals surface area (Å²) in [5.74, 6) is -0.920. The summed E-state index contributed by atoms with van der Waals surface area (Å²) in [7, 11) is -0.697. The second-order valence-electron chi connectivity index (χ2n) is 13.8. The van der Waals surface area contributed by atoms with Crippen LogP contribution in [0.5, 0.6) is 0 Å². The highest BCUT2D eigenvalue weighted by Gasteiger charge is 2.34. The van der Waals surface area contributed by atoms with Crippen LogP contribution in [-0.2, 0) is 4.79 Å². The first-order valence-electron chi connectivity index (χ1n) is 20.1. The molecule has 0 aromatic rings. The van der Waals surface area contributed by atoms with Gasteiger partial charge in [-0.05, 0) is 64.2 Å². The Labute approximate surface area is 274 Å². The van der Waals surface area contributed by atoms with Crippen LogP contribution in [0.15, 0.2) is 0 Å². The van der Waals surface area contributed by atoms with Crippen LogP contribution in [0.25, 0.3) is 0 Å². The smallest absolute Gasteiger partial charge is 0.0594 e. The van der Waals surface area contributed by atoms with E-state index < -0.39 is 13.2 Å². The van der Waals surface area contributed by atoms with E-state index in [0.717, 1.165) is 19.3 Å². The van der Waals surface area contributed by atoms with Gasteiger partial charge in [0, 0.05) is 13.2 Å². The van der Waals surface area contributed by atoms with Crippen LogP contribution < -0.4 is 5.11 Å². The minimum absolute atomic E-state index is 0.226. The van der Waals surface area contributed by atoms with Crippen LogP contribution >= 0.6 is 7.26 Å². The zero-order chi connectivity index (χ0) is 32.1. The summed E-state index contributed by atoms with van der Waals surface area (Å²) in [6.45, 7) is 11.6. The normalized spacial score (nSPS) is 11.5. The fourth-order valence-electron chi connectivity index (χ4n) is 6.45. The molecule has 0 saturated heterocycles. The topological polar surface area (TPSA) is 40.1 Å². The highest BCUT2D eigenvalue weighted by molar-refractivity contribution is 7.75. The highest BCUT2D eigenvalue weighted by Crippen LogP contribution is 2.61. The van der Waals surface area contributed by atoms with Crippen molar-refractivity contribution < 1.29 is 9.90 Å². The monoisotopic (exact) mass is 627 g/mol. The molecule has 3 heteroatoms. The number of carbonyl (C=O) groups is 1. The third kappa shape index (κ3) is 36.2. The van der Waals surface area contributed by atoms with Gasteiger partial charge >= 0.3 is 0 Å². The molecule has 0 fully saturated rings. The zero-order valence-electron chi connectivity index (χ0n) is 30.8. The van der Waals surface area contributed by atoms with Crippen molar-refractivity contribution in [2.75, 3.05) is 24.6 Å². The molecule has 0 bridgehead atoms. The molecule has 0 saturated carbocycles. The fourth-order valence-corrected chi connectivity index (χ4v) is 11.4. The van der Waals surface area contributed by atoms with Crippen molar-refractivity contribution in [1.82, 2.24) is 0 Å².